The van der Waals surface area contributed by atoms with E-state index in [4.69, 9.17) is 21.2 Å². The molecule has 0 radical (unpaired) electrons. The third-order valence-corrected chi connectivity index (χ3v) is 6.60. The molecule has 196 valence electrons. The van der Waals surface area contributed by atoms with Crippen molar-refractivity contribution in [3.05, 3.63) is 30.4 Å². The molecule has 2 fully saturated rings. The number of amides is 1. The van der Waals surface area contributed by atoms with E-state index in [0.29, 0.717) is 74.1 Å². The average molecular weight is 508 g/mol. The van der Waals surface area contributed by atoms with Gasteiger partial charge in [-0.15, -0.1) is 0 Å². The van der Waals surface area contributed by atoms with Crippen LogP contribution in [0.15, 0.2) is 29.6 Å². The van der Waals surface area contributed by atoms with Crippen molar-refractivity contribution in [3.8, 4) is 0 Å². The fraction of sp³-hybridized carbons (Fsp3) is 0.500. The van der Waals surface area contributed by atoms with Crippen LogP contribution in [-0.4, -0.2) is 80.7 Å². The molecule has 6 N–H and O–H groups in total. The fourth-order valence-corrected chi connectivity index (χ4v) is 4.68. The van der Waals surface area contributed by atoms with Gasteiger partial charge in [-0.25, -0.2) is 9.97 Å². The van der Waals surface area contributed by atoms with Gasteiger partial charge in [-0.3, -0.25) is 9.79 Å². The van der Waals surface area contributed by atoms with E-state index in [0.717, 1.165) is 24.9 Å². The van der Waals surface area contributed by atoms with Crippen LogP contribution < -0.4 is 22.1 Å². The number of morpholine rings is 1. The summed E-state index contributed by atoms with van der Waals surface area (Å²) in [5.74, 6) is 1.05. The third kappa shape index (κ3) is 5.88. The molecule has 5 rings (SSSR count). The van der Waals surface area contributed by atoms with E-state index in [1.165, 1.54) is 12.8 Å². The molecule has 13 nitrogen and oxygen atoms in total. The Balaban J connectivity index is 1.36. The lowest BCUT2D eigenvalue weighted by Gasteiger charge is -2.26. The Morgan fingerprint density at radius 3 is 2.68 bits per heavy atom. The monoisotopic (exact) mass is 507 g/mol. The zero-order chi connectivity index (χ0) is 25.6. The molecule has 3 aromatic heterocycles. The molecule has 2 aliphatic rings. The molecule has 1 saturated carbocycles. The molecule has 0 atom stereocenters. The lowest BCUT2D eigenvalue weighted by atomic mass is 10.2. The van der Waals surface area contributed by atoms with E-state index in [9.17, 15) is 4.79 Å². The van der Waals surface area contributed by atoms with Crippen LogP contribution in [0.4, 0.5) is 17.5 Å². The van der Waals surface area contributed by atoms with E-state index in [2.05, 4.69) is 35.1 Å². The maximum atomic E-state index is 12.7. The number of aromatic nitrogens is 5. The summed E-state index contributed by atoms with van der Waals surface area (Å²) in [7, 11) is 0. The highest BCUT2D eigenvalue weighted by atomic mass is 16.5. The van der Waals surface area contributed by atoms with Crippen molar-refractivity contribution < 1.29 is 9.53 Å². The second-order valence-electron chi connectivity index (χ2n) is 9.21. The van der Waals surface area contributed by atoms with Crippen molar-refractivity contribution in [2.24, 2.45) is 16.5 Å². The smallest absolute Gasteiger partial charge is 0.272 e. The van der Waals surface area contributed by atoms with Gasteiger partial charge in [0.1, 0.15) is 5.69 Å². The number of pyridine rings is 1. The van der Waals surface area contributed by atoms with E-state index < -0.39 is 0 Å². The molecular weight excluding hydrogens is 474 g/mol. The molecule has 1 aliphatic carbocycles. The van der Waals surface area contributed by atoms with Gasteiger partial charge < -0.3 is 36.3 Å². The largest absolute Gasteiger partial charge is 0.378 e. The molecule has 0 unspecified atom stereocenters. The standard InChI is InChI=1S/C24H33N11O2/c25-23(26)27-8-3-9-28-24-32-20(19-21(33-24)35(15-30-19)17-4-1-2-5-17)31-16-6-7-18(29-14-16)22(36)34-10-12-37-13-11-34/h6-7,14-15,17H,1-5,8-13H2,(H4,25,26,27)(H2,28,31,32,33). The van der Waals surface area contributed by atoms with E-state index in [1.54, 1.807) is 17.2 Å². The van der Waals surface area contributed by atoms with Crippen LogP contribution in [-0.2, 0) is 4.74 Å². The van der Waals surface area contributed by atoms with Crippen LogP contribution in [0.1, 0.15) is 48.6 Å². The summed E-state index contributed by atoms with van der Waals surface area (Å²) in [6.45, 7) is 3.37. The minimum absolute atomic E-state index is 0.0795. The number of fused-ring (bicyclic) bond motifs is 1. The maximum Gasteiger partial charge on any atom is 0.272 e. The average Bonchev–Trinajstić information content (AvgIpc) is 3.59. The lowest BCUT2D eigenvalue weighted by molar-refractivity contribution is 0.0299. The number of aliphatic imine (C=N–C) groups is 1. The molecule has 4 heterocycles. The Hall–Kier alpha value is -4.00. The fourth-order valence-electron chi connectivity index (χ4n) is 4.68. The number of nitrogens with one attached hydrogen (secondary N) is 2. The van der Waals surface area contributed by atoms with Crippen molar-refractivity contribution in [2.45, 2.75) is 38.1 Å². The van der Waals surface area contributed by atoms with Crippen LogP contribution in [0.3, 0.4) is 0 Å². The summed E-state index contributed by atoms with van der Waals surface area (Å²) in [6, 6.07) is 3.93. The van der Waals surface area contributed by atoms with Crippen LogP contribution >= 0.6 is 0 Å². The highest BCUT2D eigenvalue weighted by Gasteiger charge is 2.23. The molecule has 0 bridgehead atoms. The maximum absolute atomic E-state index is 12.7. The van der Waals surface area contributed by atoms with Gasteiger partial charge in [-0.2, -0.15) is 9.97 Å². The Morgan fingerprint density at radius 1 is 1.14 bits per heavy atom. The molecule has 1 saturated heterocycles. The van der Waals surface area contributed by atoms with Crippen molar-refractivity contribution in [2.75, 3.05) is 50.0 Å². The van der Waals surface area contributed by atoms with Gasteiger partial charge in [-0.1, -0.05) is 12.8 Å². The van der Waals surface area contributed by atoms with Crippen LogP contribution in [0, 0.1) is 0 Å². The van der Waals surface area contributed by atoms with E-state index in [1.807, 2.05) is 12.4 Å². The number of hydrogen-bond acceptors (Lipinski definition) is 9. The molecule has 0 aromatic carbocycles. The number of carbonyl (C=O) groups is 1. The first-order valence-corrected chi connectivity index (χ1v) is 12.7. The molecular formula is C24H33N11O2. The van der Waals surface area contributed by atoms with Gasteiger partial charge >= 0.3 is 0 Å². The number of guanidine groups is 1. The van der Waals surface area contributed by atoms with E-state index in [-0.39, 0.29) is 11.9 Å². The minimum atomic E-state index is -0.0956. The molecule has 0 spiro atoms. The summed E-state index contributed by atoms with van der Waals surface area (Å²) in [6.07, 6.45) is 8.86. The summed E-state index contributed by atoms with van der Waals surface area (Å²) in [5, 5.41) is 6.60. The van der Waals surface area contributed by atoms with Gasteiger partial charge in [0.2, 0.25) is 5.95 Å². The van der Waals surface area contributed by atoms with E-state index >= 15 is 0 Å². The number of ether oxygens (including phenoxy) is 1. The molecule has 1 amide bonds. The van der Waals surface area contributed by atoms with Gasteiger partial charge in [0.05, 0.1) is 31.4 Å². The van der Waals surface area contributed by atoms with Crippen molar-refractivity contribution >= 4 is 40.5 Å². The molecule has 1 aliphatic heterocycles. The van der Waals surface area contributed by atoms with Gasteiger partial charge in [0.25, 0.3) is 5.91 Å². The Labute approximate surface area is 214 Å². The SMILES string of the molecule is NC(N)=NCCCNc1nc(Nc2ccc(C(=O)N3CCOCC3)nc2)c2ncn(C3CCCC3)c2n1. The predicted octanol–water partition coefficient (Wildman–Crippen LogP) is 1.63. The van der Waals surface area contributed by atoms with Crippen LogP contribution in [0.2, 0.25) is 0 Å². The van der Waals surface area contributed by atoms with Crippen molar-refractivity contribution in [1.82, 2.24) is 29.4 Å². The number of nitrogens with zero attached hydrogens (tertiary/aromatic N) is 7. The third-order valence-electron chi connectivity index (χ3n) is 6.60. The van der Waals surface area contributed by atoms with Crippen molar-refractivity contribution in [1.29, 1.82) is 0 Å². The topological polar surface area (TPSA) is 174 Å². The number of hydrogen-bond donors (Lipinski definition) is 4. The minimum Gasteiger partial charge on any atom is -0.378 e. The first-order chi connectivity index (χ1) is 18.1. The second-order valence-corrected chi connectivity index (χ2v) is 9.21. The molecule has 3 aromatic rings. The highest BCUT2D eigenvalue weighted by Crippen LogP contribution is 2.33. The molecule has 13 heteroatoms. The Morgan fingerprint density at radius 2 is 1.95 bits per heavy atom. The normalized spacial score (nSPS) is 16.2. The number of carbonyl (C=O) groups excluding carboxylic acids is 1. The first kappa shape index (κ1) is 24.7. The van der Waals surface area contributed by atoms with Crippen molar-refractivity contribution in [3.63, 3.8) is 0 Å². The van der Waals surface area contributed by atoms with Crippen LogP contribution in [0.5, 0.6) is 0 Å². The summed E-state index contributed by atoms with van der Waals surface area (Å²) in [4.78, 5) is 37.0. The lowest BCUT2D eigenvalue weighted by Crippen LogP contribution is -2.41. The van der Waals surface area contributed by atoms with Gasteiger partial charge in [0, 0.05) is 32.2 Å². The highest BCUT2D eigenvalue weighted by molar-refractivity contribution is 5.93. The predicted molar refractivity (Wildman–Crippen MR) is 141 cm³/mol. The Bertz CT molecular complexity index is 1240. The van der Waals surface area contributed by atoms with Gasteiger partial charge in [0.15, 0.2) is 22.9 Å². The zero-order valence-corrected chi connectivity index (χ0v) is 20.8. The van der Waals surface area contributed by atoms with Gasteiger partial charge in [-0.05, 0) is 31.4 Å². The summed E-state index contributed by atoms with van der Waals surface area (Å²) < 4.78 is 7.49. The van der Waals surface area contributed by atoms with Crippen LogP contribution in [0.25, 0.3) is 11.2 Å². The Kier molecular flexibility index (Phi) is 7.59. The number of nitrogens with two attached hydrogens (primary N) is 2. The summed E-state index contributed by atoms with van der Waals surface area (Å²) >= 11 is 0. The second kappa shape index (κ2) is 11.4. The molecule has 37 heavy (non-hydrogen) atoms. The zero-order valence-electron chi connectivity index (χ0n) is 20.8. The quantitative estimate of drug-likeness (QED) is 0.189. The number of imidazole rings is 1. The summed E-state index contributed by atoms with van der Waals surface area (Å²) in [5.41, 5.74) is 13.4. The number of rotatable bonds is 9. The first-order valence-electron chi connectivity index (χ1n) is 12.7. The number of anilines is 3.